The lowest BCUT2D eigenvalue weighted by Crippen LogP contribution is -2.44. The first-order valence-electron chi connectivity index (χ1n) is 5.62. The van der Waals surface area contributed by atoms with Crippen LogP contribution in [0, 0.1) is 5.92 Å². The smallest absolute Gasteiger partial charge is 0.323 e. The van der Waals surface area contributed by atoms with E-state index in [4.69, 9.17) is 5.11 Å². The second-order valence-electron chi connectivity index (χ2n) is 4.78. The molecule has 86 valence electrons. The van der Waals surface area contributed by atoms with E-state index in [0.717, 1.165) is 13.0 Å². The highest BCUT2D eigenvalue weighted by atomic mass is 16.4. The highest BCUT2D eigenvalue weighted by Gasteiger charge is 2.40. The molecule has 2 rings (SSSR count). The van der Waals surface area contributed by atoms with Gasteiger partial charge in [-0.05, 0) is 37.8 Å². The van der Waals surface area contributed by atoms with E-state index in [1.165, 1.54) is 5.56 Å². The van der Waals surface area contributed by atoms with Crippen molar-refractivity contribution in [3.05, 3.63) is 35.9 Å². The zero-order valence-corrected chi connectivity index (χ0v) is 9.44. The Morgan fingerprint density at radius 3 is 2.75 bits per heavy atom. The fourth-order valence-electron chi connectivity index (χ4n) is 2.35. The largest absolute Gasteiger partial charge is 0.480 e. The average molecular weight is 219 g/mol. The first kappa shape index (κ1) is 11.1. The number of aliphatic carboxylic acids is 1. The van der Waals surface area contributed by atoms with E-state index < -0.39 is 11.5 Å². The van der Waals surface area contributed by atoms with Crippen LogP contribution in [-0.2, 0) is 11.2 Å². The lowest BCUT2D eigenvalue weighted by molar-refractivity contribution is -0.143. The summed E-state index contributed by atoms with van der Waals surface area (Å²) in [5.41, 5.74) is 0.545. The number of rotatable bonds is 3. The van der Waals surface area contributed by atoms with Crippen LogP contribution in [-0.4, -0.2) is 23.2 Å². The van der Waals surface area contributed by atoms with Gasteiger partial charge in [-0.2, -0.15) is 0 Å². The van der Waals surface area contributed by atoms with Crippen LogP contribution in [0.25, 0.3) is 0 Å². The van der Waals surface area contributed by atoms with Crippen LogP contribution in [0.2, 0.25) is 0 Å². The molecule has 0 radical (unpaired) electrons. The zero-order valence-electron chi connectivity index (χ0n) is 9.44. The average Bonchev–Trinajstić information content (AvgIpc) is 2.63. The minimum Gasteiger partial charge on any atom is -0.480 e. The fraction of sp³-hybridized carbons (Fsp3) is 0.462. The van der Waals surface area contributed by atoms with Gasteiger partial charge in [-0.1, -0.05) is 30.3 Å². The second-order valence-corrected chi connectivity index (χ2v) is 4.78. The number of benzene rings is 1. The second kappa shape index (κ2) is 4.26. The van der Waals surface area contributed by atoms with E-state index in [2.05, 4.69) is 17.4 Å². The van der Waals surface area contributed by atoms with Gasteiger partial charge in [-0.3, -0.25) is 4.79 Å². The lowest BCUT2D eigenvalue weighted by Gasteiger charge is -2.18. The molecular weight excluding hydrogens is 202 g/mol. The van der Waals surface area contributed by atoms with Crippen LogP contribution in [0.3, 0.4) is 0 Å². The quantitative estimate of drug-likeness (QED) is 0.813. The van der Waals surface area contributed by atoms with Crippen LogP contribution in [0.4, 0.5) is 0 Å². The SMILES string of the molecule is CC1(C(=O)O)CC(Cc2ccccc2)CN1. The minimum atomic E-state index is -0.747. The minimum absolute atomic E-state index is 0.420. The molecule has 0 aromatic heterocycles. The molecule has 2 atom stereocenters. The Morgan fingerprint density at radius 2 is 2.19 bits per heavy atom. The van der Waals surface area contributed by atoms with Crippen LogP contribution in [0.1, 0.15) is 18.9 Å². The number of carboxylic acid groups (broad SMARTS) is 1. The summed E-state index contributed by atoms with van der Waals surface area (Å²) in [5, 5.41) is 12.2. The molecule has 0 saturated carbocycles. The van der Waals surface area contributed by atoms with Gasteiger partial charge in [0.1, 0.15) is 5.54 Å². The van der Waals surface area contributed by atoms with Gasteiger partial charge >= 0.3 is 5.97 Å². The molecule has 0 spiro atoms. The molecule has 1 fully saturated rings. The Morgan fingerprint density at radius 1 is 1.50 bits per heavy atom. The molecule has 1 aliphatic heterocycles. The highest BCUT2D eigenvalue weighted by molar-refractivity contribution is 5.78. The van der Waals surface area contributed by atoms with Gasteiger partial charge in [0.05, 0.1) is 0 Å². The molecular formula is C13H17NO2. The molecule has 16 heavy (non-hydrogen) atoms. The van der Waals surface area contributed by atoms with Crippen LogP contribution in [0.5, 0.6) is 0 Å². The fourth-order valence-corrected chi connectivity index (χ4v) is 2.35. The molecule has 0 amide bonds. The van der Waals surface area contributed by atoms with Gasteiger partial charge in [-0.25, -0.2) is 0 Å². The molecule has 1 saturated heterocycles. The predicted octanol–water partition coefficient (Wildman–Crippen LogP) is 1.68. The van der Waals surface area contributed by atoms with Gasteiger partial charge in [0.25, 0.3) is 0 Å². The third-order valence-corrected chi connectivity index (χ3v) is 3.32. The van der Waals surface area contributed by atoms with E-state index in [1.807, 2.05) is 18.2 Å². The molecule has 1 aliphatic rings. The maximum atomic E-state index is 11.1. The number of nitrogens with one attached hydrogen (secondary N) is 1. The van der Waals surface area contributed by atoms with E-state index in [-0.39, 0.29) is 0 Å². The van der Waals surface area contributed by atoms with Crippen molar-refractivity contribution in [3.8, 4) is 0 Å². The van der Waals surface area contributed by atoms with Crippen molar-refractivity contribution >= 4 is 5.97 Å². The molecule has 3 heteroatoms. The molecule has 1 aromatic carbocycles. The Hall–Kier alpha value is -1.35. The van der Waals surface area contributed by atoms with Crippen LogP contribution >= 0.6 is 0 Å². The summed E-state index contributed by atoms with van der Waals surface area (Å²) < 4.78 is 0. The van der Waals surface area contributed by atoms with E-state index in [0.29, 0.717) is 12.3 Å². The van der Waals surface area contributed by atoms with Crippen molar-refractivity contribution in [2.75, 3.05) is 6.54 Å². The highest BCUT2D eigenvalue weighted by Crippen LogP contribution is 2.26. The number of carboxylic acids is 1. The number of carbonyl (C=O) groups is 1. The van der Waals surface area contributed by atoms with Gasteiger partial charge in [0, 0.05) is 0 Å². The van der Waals surface area contributed by atoms with Gasteiger partial charge in [0.2, 0.25) is 0 Å². The normalized spacial score (nSPS) is 29.2. The zero-order chi connectivity index (χ0) is 11.6. The third-order valence-electron chi connectivity index (χ3n) is 3.32. The van der Waals surface area contributed by atoms with Crippen molar-refractivity contribution in [2.45, 2.75) is 25.3 Å². The summed E-state index contributed by atoms with van der Waals surface area (Å²) in [6.45, 7) is 2.55. The maximum Gasteiger partial charge on any atom is 0.323 e. The summed E-state index contributed by atoms with van der Waals surface area (Å²) >= 11 is 0. The van der Waals surface area contributed by atoms with Crippen molar-refractivity contribution in [3.63, 3.8) is 0 Å². The Kier molecular flexibility index (Phi) is 2.97. The molecule has 2 N–H and O–H groups in total. The van der Waals surface area contributed by atoms with E-state index >= 15 is 0 Å². The van der Waals surface area contributed by atoms with Crippen LogP contribution < -0.4 is 5.32 Å². The molecule has 2 unspecified atom stereocenters. The summed E-state index contributed by atoms with van der Waals surface area (Å²) in [6.07, 6.45) is 1.66. The van der Waals surface area contributed by atoms with Crippen molar-refractivity contribution in [2.24, 2.45) is 5.92 Å². The first-order valence-corrected chi connectivity index (χ1v) is 5.62. The maximum absolute atomic E-state index is 11.1. The summed E-state index contributed by atoms with van der Waals surface area (Å²) in [7, 11) is 0. The topological polar surface area (TPSA) is 49.3 Å². The Labute approximate surface area is 95.5 Å². The monoisotopic (exact) mass is 219 g/mol. The number of hydrogen-bond donors (Lipinski definition) is 2. The predicted molar refractivity (Wildman–Crippen MR) is 62.3 cm³/mol. The molecule has 3 nitrogen and oxygen atoms in total. The molecule has 1 heterocycles. The van der Waals surface area contributed by atoms with Gasteiger partial charge < -0.3 is 10.4 Å². The number of hydrogen-bond acceptors (Lipinski definition) is 2. The van der Waals surface area contributed by atoms with Crippen molar-refractivity contribution in [1.29, 1.82) is 0 Å². The van der Waals surface area contributed by atoms with Gasteiger partial charge in [0.15, 0.2) is 0 Å². The third kappa shape index (κ3) is 2.25. The Balaban J connectivity index is 1.98. The Bertz CT molecular complexity index is 377. The van der Waals surface area contributed by atoms with Crippen molar-refractivity contribution < 1.29 is 9.90 Å². The summed E-state index contributed by atoms with van der Waals surface area (Å²) in [5.74, 6) is -0.327. The van der Waals surface area contributed by atoms with E-state index in [9.17, 15) is 4.79 Å². The van der Waals surface area contributed by atoms with Gasteiger partial charge in [-0.15, -0.1) is 0 Å². The molecule has 0 aliphatic carbocycles. The summed E-state index contributed by atoms with van der Waals surface area (Å²) in [6, 6.07) is 10.2. The summed E-state index contributed by atoms with van der Waals surface area (Å²) in [4.78, 5) is 11.1. The lowest BCUT2D eigenvalue weighted by atomic mass is 9.91. The first-order chi connectivity index (χ1) is 7.60. The standard InChI is InChI=1S/C13H17NO2/c1-13(12(15)16)8-11(9-14-13)7-10-5-3-2-4-6-10/h2-6,11,14H,7-9H2,1H3,(H,15,16). The van der Waals surface area contributed by atoms with E-state index in [1.54, 1.807) is 6.92 Å². The molecule has 0 bridgehead atoms. The van der Waals surface area contributed by atoms with Crippen molar-refractivity contribution in [1.82, 2.24) is 5.32 Å². The van der Waals surface area contributed by atoms with Crippen LogP contribution in [0.15, 0.2) is 30.3 Å². The molecule has 1 aromatic rings.